The molecule has 1 N–H and O–H groups in total. The Morgan fingerprint density at radius 3 is 2.58 bits per heavy atom. The molecule has 0 saturated carbocycles. The molecule has 138 valence electrons. The maximum absolute atomic E-state index is 12.1. The molecular weight excluding hydrogens is 490 g/mol. The number of ether oxygens (including phenoxy) is 2. The highest BCUT2D eigenvalue weighted by atomic mass is 127. The molecule has 0 aliphatic rings. The zero-order valence-corrected chi connectivity index (χ0v) is 17.9. The molecule has 2 aromatic carbocycles. The van der Waals surface area contributed by atoms with Crippen molar-refractivity contribution >= 4 is 57.9 Å². The van der Waals surface area contributed by atoms with Gasteiger partial charge < -0.3 is 9.47 Å². The van der Waals surface area contributed by atoms with Gasteiger partial charge in [0.2, 0.25) is 0 Å². The highest BCUT2D eigenvalue weighted by Crippen LogP contribution is 2.33. The quantitative estimate of drug-likeness (QED) is 0.320. The van der Waals surface area contributed by atoms with Crippen LogP contribution in [0.1, 0.15) is 29.8 Å². The fourth-order valence-corrected chi connectivity index (χ4v) is 3.38. The van der Waals surface area contributed by atoms with E-state index in [0.717, 1.165) is 9.13 Å². The van der Waals surface area contributed by atoms with Gasteiger partial charge in [-0.15, -0.1) is 0 Å². The number of hydrogen-bond donors (Lipinski definition) is 1. The molecule has 0 bridgehead atoms. The first-order chi connectivity index (χ1) is 12.5. The second kappa shape index (κ2) is 9.99. The molecule has 0 heterocycles. The van der Waals surface area contributed by atoms with Gasteiger partial charge in [0, 0.05) is 5.02 Å². The maximum atomic E-state index is 12.1. The molecule has 0 aromatic heterocycles. The number of halogens is 3. The number of nitrogens with zero attached hydrogens (tertiary/aromatic N) is 1. The SMILES string of the molecule is CCOc1cc(/C=N\NC(=O)c2ccc(Cl)cc2Cl)cc(I)c1OCC. The summed E-state index contributed by atoms with van der Waals surface area (Å²) in [4.78, 5) is 12.1. The number of hydrazone groups is 1. The van der Waals surface area contributed by atoms with Crippen LogP contribution in [0.25, 0.3) is 0 Å². The Morgan fingerprint density at radius 1 is 1.19 bits per heavy atom. The van der Waals surface area contributed by atoms with Gasteiger partial charge in [0.15, 0.2) is 11.5 Å². The Morgan fingerprint density at radius 2 is 1.92 bits per heavy atom. The van der Waals surface area contributed by atoms with Crippen molar-refractivity contribution in [1.29, 1.82) is 0 Å². The molecule has 8 heteroatoms. The number of hydrogen-bond acceptors (Lipinski definition) is 4. The van der Waals surface area contributed by atoms with Crippen LogP contribution in [-0.4, -0.2) is 25.3 Å². The van der Waals surface area contributed by atoms with Crippen LogP contribution in [0.4, 0.5) is 0 Å². The van der Waals surface area contributed by atoms with Crippen molar-refractivity contribution < 1.29 is 14.3 Å². The fraction of sp³-hybridized carbons (Fsp3) is 0.222. The standard InChI is InChI=1S/C18H17Cl2IN2O3/c1-3-25-16-8-11(7-15(21)17(16)26-4-2)10-22-23-18(24)13-6-5-12(19)9-14(13)20/h5-10H,3-4H2,1-2H3,(H,23,24)/b22-10-. The highest BCUT2D eigenvalue weighted by molar-refractivity contribution is 14.1. The molecular formula is C18H17Cl2IN2O3. The molecule has 0 fully saturated rings. The van der Waals surface area contributed by atoms with E-state index in [1.165, 1.54) is 12.3 Å². The molecule has 2 rings (SSSR count). The van der Waals surface area contributed by atoms with E-state index in [2.05, 4.69) is 33.1 Å². The van der Waals surface area contributed by atoms with Gasteiger partial charge in [-0.3, -0.25) is 4.79 Å². The van der Waals surface area contributed by atoms with Crippen molar-refractivity contribution in [3.63, 3.8) is 0 Å². The third-order valence-electron chi connectivity index (χ3n) is 3.18. The number of benzene rings is 2. The third kappa shape index (κ3) is 5.49. The number of carbonyl (C=O) groups excluding carboxylic acids is 1. The molecule has 26 heavy (non-hydrogen) atoms. The van der Waals surface area contributed by atoms with E-state index in [9.17, 15) is 4.79 Å². The summed E-state index contributed by atoms with van der Waals surface area (Å²) in [6.45, 7) is 4.88. The summed E-state index contributed by atoms with van der Waals surface area (Å²) in [5.41, 5.74) is 3.51. The molecule has 0 aliphatic carbocycles. The Balaban J connectivity index is 2.15. The van der Waals surface area contributed by atoms with Crippen LogP contribution in [0.2, 0.25) is 10.0 Å². The monoisotopic (exact) mass is 506 g/mol. The summed E-state index contributed by atoms with van der Waals surface area (Å²) in [5, 5.41) is 4.71. The van der Waals surface area contributed by atoms with Crippen LogP contribution in [0.5, 0.6) is 11.5 Å². The van der Waals surface area contributed by atoms with Gasteiger partial charge in [0.1, 0.15) is 0 Å². The van der Waals surface area contributed by atoms with Crippen molar-refractivity contribution in [1.82, 2.24) is 5.43 Å². The summed E-state index contributed by atoms with van der Waals surface area (Å²) in [6.07, 6.45) is 1.53. The second-order valence-electron chi connectivity index (χ2n) is 5.02. The first-order valence-corrected chi connectivity index (χ1v) is 9.67. The maximum Gasteiger partial charge on any atom is 0.272 e. The van der Waals surface area contributed by atoms with Gasteiger partial charge in [-0.2, -0.15) is 5.10 Å². The van der Waals surface area contributed by atoms with Crippen molar-refractivity contribution in [2.24, 2.45) is 5.10 Å². The Kier molecular flexibility index (Phi) is 7.99. The van der Waals surface area contributed by atoms with Crippen LogP contribution >= 0.6 is 45.8 Å². The van der Waals surface area contributed by atoms with Gasteiger partial charge in [-0.05, 0) is 72.3 Å². The lowest BCUT2D eigenvalue weighted by Crippen LogP contribution is -2.18. The molecule has 0 unspecified atom stereocenters. The van der Waals surface area contributed by atoms with E-state index in [0.29, 0.717) is 35.3 Å². The van der Waals surface area contributed by atoms with Gasteiger partial charge in [0.25, 0.3) is 5.91 Å². The van der Waals surface area contributed by atoms with Crippen LogP contribution in [0.15, 0.2) is 35.4 Å². The van der Waals surface area contributed by atoms with Crippen LogP contribution in [-0.2, 0) is 0 Å². The summed E-state index contributed by atoms with van der Waals surface area (Å²) in [6, 6.07) is 8.34. The lowest BCUT2D eigenvalue weighted by Gasteiger charge is -2.13. The Hall–Kier alpha value is -1.51. The van der Waals surface area contributed by atoms with E-state index in [1.807, 2.05) is 26.0 Å². The number of amides is 1. The Labute approximate surface area is 175 Å². The van der Waals surface area contributed by atoms with Gasteiger partial charge in [0.05, 0.1) is 33.6 Å². The first-order valence-electron chi connectivity index (χ1n) is 7.83. The third-order valence-corrected chi connectivity index (χ3v) is 4.52. The average Bonchev–Trinajstić information content (AvgIpc) is 2.58. The zero-order valence-electron chi connectivity index (χ0n) is 14.2. The minimum absolute atomic E-state index is 0.263. The largest absolute Gasteiger partial charge is 0.490 e. The molecule has 2 aromatic rings. The van der Waals surface area contributed by atoms with Gasteiger partial charge >= 0.3 is 0 Å². The Bertz CT molecular complexity index is 828. The summed E-state index contributed by atoms with van der Waals surface area (Å²) >= 11 is 14.0. The molecule has 0 spiro atoms. The number of carbonyl (C=O) groups is 1. The van der Waals surface area contributed by atoms with E-state index in [-0.39, 0.29) is 5.02 Å². The minimum Gasteiger partial charge on any atom is -0.490 e. The smallest absolute Gasteiger partial charge is 0.272 e. The molecule has 5 nitrogen and oxygen atoms in total. The predicted molar refractivity (Wildman–Crippen MR) is 113 cm³/mol. The topological polar surface area (TPSA) is 59.9 Å². The molecule has 0 saturated heterocycles. The van der Waals surface area contributed by atoms with Crippen molar-refractivity contribution in [3.05, 3.63) is 55.1 Å². The highest BCUT2D eigenvalue weighted by Gasteiger charge is 2.12. The summed E-state index contributed by atoms with van der Waals surface area (Å²) in [7, 11) is 0. The predicted octanol–water partition coefficient (Wildman–Crippen LogP) is 5.16. The second-order valence-corrected chi connectivity index (χ2v) is 7.03. The van der Waals surface area contributed by atoms with Gasteiger partial charge in [-0.1, -0.05) is 23.2 Å². The van der Waals surface area contributed by atoms with Crippen molar-refractivity contribution in [2.75, 3.05) is 13.2 Å². The summed E-state index contributed by atoms with van der Waals surface area (Å²) < 4.78 is 12.1. The average molecular weight is 507 g/mol. The first kappa shape index (κ1) is 20.8. The van der Waals surface area contributed by atoms with Crippen LogP contribution in [0.3, 0.4) is 0 Å². The van der Waals surface area contributed by atoms with Crippen molar-refractivity contribution in [2.45, 2.75) is 13.8 Å². The van der Waals surface area contributed by atoms with Crippen molar-refractivity contribution in [3.8, 4) is 11.5 Å². The zero-order chi connectivity index (χ0) is 19.1. The van der Waals surface area contributed by atoms with Crippen LogP contribution in [0, 0.1) is 3.57 Å². The van der Waals surface area contributed by atoms with E-state index in [1.54, 1.807) is 12.1 Å². The van der Waals surface area contributed by atoms with E-state index >= 15 is 0 Å². The number of nitrogens with one attached hydrogen (secondary N) is 1. The van der Waals surface area contributed by atoms with Crippen LogP contribution < -0.4 is 14.9 Å². The normalized spacial score (nSPS) is 10.8. The minimum atomic E-state index is -0.423. The lowest BCUT2D eigenvalue weighted by atomic mass is 10.2. The van der Waals surface area contributed by atoms with E-state index in [4.69, 9.17) is 32.7 Å². The molecule has 1 amide bonds. The molecule has 0 radical (unpaired) electrons. The van der Waals surface area contributed by atoms with Gasteiger partial charge in [-0.25, -0.2) is 5.43 Å². The lowest BCUT2D eigenvalue weighted by molar-refractivity contribution is 0.0955. The molecule has 0 aliphatic heterocycles. The number of rotatable bonds is 7. The fourth-order valence-electron chi connectivity index (χ4n) is 2.11. The summed E-state index contributed by atoms with van der Waals surface area (Å²) in [5.74, 6) is 0.910. The van der Waals surface area contributed by atoms with E-state index < -0.39 is 5.91 Å². The molecule has 0 atom stereocenters.